The van der Waals surface area contributed by atoms with E-state index in [2.05, 4.69) is 31.3 Å². The van der Waals surface area contributed by atoms with Gasteiger partial charge in [-0.15, -0.1) is 11.3 Å². The van der Waals surface area contributed by atoms with Gasteiger partial charge in [0, 0.05) is 4.88 Å². The Hall–Kier alpha value is -1.61. The second kappa shape index (κ2) is 7.25. The lowest BCUT2D eigenvalue weighted by molar-refractivity contribution is -0.121. The van der Waals surface area contributed by atoms with Gasteiger partial charge in [0.05, 0.1) is 12.5 Å². The molecule has 0 aliphatic carbocycles. The van der Waals surface area contributed by atoms with Gasteiger partial charge in [0.25, 0.3) is 0 Å². The Morgan fingerprint density at radius 1 is 1.15 bits per heavy atom. The van der Waals surface area contributed by atoms with Gasteiger partial charge in [-0.05, 0) is 29.3 Å². The Labute approximate surface area is 124 Å². The highest BCUT2D eigenvalue weighted by atomic mass is 32.1. The first-order valence-electron chi connectivity index (χ1n) is 7.02. The number of amides is 1. The van der Waals surface area contributed by atoms with Crippen LogP contribution in [0.4, 0.5) is 0 Å². The third kappa shape index (κ3) is 4.49. The van der Waals surface area contributed by atoms with Gasteiger partial charge in [-0.1, -0.05) is 50.2 Å². The molecule has 0 radical (unpaired) electrons. The maximum atomic E-state index is 12.2. The molecule has 20 heavy (non-hydrogen) atoms. The average Bonchev–Trinajstić information content (AvgIpc) is 2.91. The molecular weight excluding hydrogens is 266 g/mol. The van der Waals surface area contributed by atoms with Crippen molar-refractivity contribution in [1.29, 1.82) is 0 Å². The molecule has 1 amide bonds. The minimum Gasteiger partial charge on any atom is -0.349 e. The van der Waals surface area contributed by atoms with Gasteiger partial charge in [0.2, 0.25) is 5.91 Å². The highest BCUT2D eigenvalue weighted by Gasteiger charge is 2.16. The van der Waals surface area contributed by atoms with E-state index in [0.29, 0.717) is 12.3 Å². The van der Waals surface area contributed by atoms with E-state index < -0.39 is 0 Å². The minimum atomic E-state index is 0.0990. The maximum absolute atomic E-state index is 12.2. The molecule has 3 heteroatoms. The first-order valence-corrected chi connectivity index (χ1v) is 7.90. The normalized spacial score (nSPS) is 12.3. The molecule has 1 heterocycles. The van der Waals surface area contributed by atoms with Crippen molar-refractivity contribution in [3.8, 4) is 0 Å². The fourth-order valence-corrected chi connectivity index (χ4v) is 2.96. The molecule has 1 aromatic carbocycles. The molecule has 1 unspecified atom stereocenters. The summed E-state index contributed by atoms with van der Waals surface area (Å²) in [4.78, 5) is 13.3. The minimum absolute atomic E-state index is 0.0990. The van der Waals surface area contributed by atoms with E-state index in [9.17, 15) is 4.79 Å². The number of benzene rings is 1. The number of rotatable bonds is 6. The predicted molar refractivity (Wildman–Crippen MR) is 84.8 cm³/mol. The van der Waals surface area contributed by atoms with Gasteiger partial charge in [0.15, 0.2) is 0 Å². The maximum Gasteiger partial charge on any atom is 0.225 e. The summed E-state index contributed by atoms with van der Waals surface area (Å²) in [6.45, 7) is 4.36. The summed E-state index contributed by atoms with van der Waals surface area (Å²) in [7, 11) is 0. The smallest absolute Gasteiger partial charge is 0.225 e. The van der Waals surface area contributed by atoms with E-state index in [1.54, 1.807) is 11.3 Å². The van der Waals surface area contributed by atoms with Crippen molar-refractivity contribution in [3.63, 3.8) is 0 Å². The van der Waals surface area contributed by atoms with E-state index in [1.165, 1.54) is 5.56 Å². The van der Waals surface area contributed by atoms with Crippen LogP contribution in [-0.2, 0) is 11.2 Å². The lowest BCUT2D eigenvalue weighted by Gasteiger charge is -2.21. The molecule has 0 aliphatic rings. The standard InChI is InChI=1S/C17H21NOS/c1-13(2)11-16(14-7-4-3-5-8-14)18-17(19)12-15-9-6-10-20-15/h3-10,13,16H,11-12H2,1-2H3,(H,18,19). The zero-order valence-corrected chi connectivity index (χ0v) is 12.8. The van der Waals surface area contributed by atoms with Crippen molar-refractivity contribution < 1.29 is 4.79 Å². The van der Waals surface area contributed by atoms with Crippen molar-refractivity contribution in [2.75, 3.05) is 0 Å². The lowest BCUT2D eigenvalue weighted by atomic mass is 9.97. The van der Waals surface area contributed by atoms with Crippen molar-refractivity contribution >= 4 is 17.2 Å². The molecule has 0 spiro atoms. The molecular formula is C17H21NOS. The number of nitrogens with one attached hydrogen (secondary N) is 1. The number of carbonyl (C=O) groups is 1. The Bertz CT molecular complexity index is 519. The molecule has 2 nitrogen and oxygen atoms in total. The van der Waals surface area contributed by atoms with Crippen LogP contribution in [0.2, 0.25) is 0 Å². The van der Waals surface area contributed by atoms with Crippen molar-refractivity contribution in [1.82, 2.24) is 5.32 Å². The van der Waals surface area contributed by atoms with Crippen LogP contribution in [0.5, 0.6) is 0 Å². The Kier molecular flexibility index (Phi) is 5.36. The summed E-state index contributed by atoms with van der Waals surface area (Å²) in [5, 5.41) is 5.18. The Balaban J connectivity index is 2.02. The van der Waals surface area contributed by atoms with Crippen molar-refractivity contribution in [2.45, 2.75) is 32.7 Å². The molecule has 0 fully saturated rings. The van der Waals surface area contributed by atoms with Crippen LogP contribution in [0.3, 0.4) is 0 Å². The van der Waals surface area contributed by atoms with Crippen LogP contribution in [-0.4, -0.2) is 5.91 Å². The van der Waals surface area contributed by atoms with Crippen LogP contribution in [0.1, 0.15) is 36.8 Å². The summed E-state index contributed by atoms with van der Waals surface area (Å²) in [6, 6.07) is 14.3. The summed E-state index contributed by atoms with van der Waals surface area (Å²) in [6.07, 6.45) is 1.43. The molecule has 0 aliphatic heterocycles. The second-order valence-corrected chi connectivity index (χ2v) is 6.45. The largest absolute Gasteiger partial charge is 0.349 e. The quantitative estimate of drug-likeness (QED) is 0.848. The SMILES string of the molecule is CC(C)CC(NC(=O)Cc1cccs1)c1ccccc1. The van der Waals surface area contributed by atoms with E-state index >= 15 is 0 Å². The van der Waals surface area contributed by atoms with Gasteiger partial charge >= 0.3 is 0 Å². The lowest BCUT2D eigenvalue weighted by Crippen LogP contribution is -2.30. The van der Waals surface area contributed by atoms with E-state index in [0.717, 1.165) is 11.3 Å². The number of hydrogen-bond donors (Lipinski definition) is 1. The van der Waals surface area contributed by atoms with Gasteiger partial charge in [-0.25, -0.2) is 0 Å². The molecule has 0 saturated heterocycles. The molecule has 106 valence electrons. The van der Waals surface area contributed by atoms with E-state index in [4.69, 9.17) is 0 Å². The highest BCUT2D eigenvalue weighted by molar-refractivity contribution is 7.10. The van der Waals surface area contributed by atoms with Crippen molar-refractivity contribution in [2.24, 2.45) is 5.92 Å². The fourth-order valence-electron chi connectivity index (χ4n) is 2.25. The molecule has 0 bridgehead atoms. The fraction of sp³-hybridized carbons (Fsp3) is 0.353. The molecule has 0 saturated carbocycles. The molecule has 1 aromatic heterocycles. The first kappa shape index (κ1) is 14.8. The Morgan fingerprint density at radius 2 is 1.90 bits per heavy atom. The van der Waals surface area contributed by atoms with Crippen LogP contribution < -0.4 is 5.32 Å². The summed E-state index contributed by atoms with van der Waals surface area (Å²) in [5.74, 6) is 0.643. The van der Waals surface area contributed by atoms with Gasteiger partial charge in [0.1, 0.15) is 0 Å². The molecule has 2 aromatic rings. The van der Waals surface area contributed by atoms with E-state index in [-0.39, 0.29) is 11.9 Å². The molecule has 1 atom stereocenters. The third-order valence-electron chi connectivity index (χ3n) is 3.16. The summed E-state index contributed by atoms with van der Waals surface area (Å²) >= 11 is 1.63. The number of carbonyl (C=O) groups excluding carboxylic acids is 1. The first-order chi connectivity index (χ1) is 9.65. The molecule has 2 rings (SSSR count). The second-order valence-electron chi connectivity index (χ2n) is 5.42. The summed E-state index contributed by atoms with van der Waals surface area (Å²) < 4.78 is 0. The summed E-state index contributed by atoms with van der Waals surface area (Å²) in [5.41, 5.74) is 1.18. The zero-order chi connectivity index (χ0) is 14.4. The van der Waals surface area contributed by atoms with Crippen LogP contribution in [0.15, 0.2) is 47.8 Å². The van der Waals surface area contributed by atoms with Crippen molar-refractivity contribution in [3.05, 3.63) is 58.3 Å². The number of thiophene rings is 1. The highest BCUT2D eigenvalue weighted by Crippen LogP contribution is 2.21. The van der Waals surface area contributed by atoms with Crippen LogP contribution in [0, 0.1) is 5.92 Å². The predicted octanol–water partition coefficient (Wildman–Crippen LogP) is 4.19. The van der Waals surface area contributed by atoms with E-state index in [1.807, 2.05) is 35.7 Å². The van der Waals surface area contributed by atoms with Gasteiger partial charge in [-0.2, -0.15) is 0 Å². The monoisotopic (exact) mass is 287 g/mol. The van der Waals surface area contributed by atoms with Crippen LogP contribution >= 0.6 is 11.3 Å². The zero-order valence-electron chi connectivity index (χ0n) is 12.0. The third-order valence-corrected chi connectivity index (χ3v) is 4.04. The Morgan fingerprint density at radius 3 is 2.50 bits per heavy atom. The molecule has 1 N–H and O–H groups in total. The topological polar surface area (TPSA) is 29.1 Å². The average molecular weight is 287 g/mol. The van der Waals surface area contributed by atoms with Crippen LogP contribution in [0.25, 0.3) is 0 Å². The van der Waals surface area contributed by atoms with Gasteiger partial charge < -0.3 is 5.32 Å². The number of hydrogen-bond acceptors (Lipinski definition) is 2. The van der Waals surface area contributed by atoms with Gasteiger partial charge in [-0.3, -0.25) is 4.79 Å².